The van der Waals surface area contributed by atoms with Gasteiger partial charge >= 0.3 is 0 Å². The highest BCUT2D eigenvalue weighted by molar-refractivity contribution is 7.91. The minimum atomic E-state index is -3.27. The maximum atomic E-state index is 12.0. The predicted molar refractivity (Wildman–Crippen MR) is 78.7 cm³/mol. The summed E-state index contributed by atoms with van der Waals surface area (Å²) in [6.07, 6.45) is 0. The molecule has 0 spiro atoms. The quantitative estimate of drug-likeness (QED) is 0.599. The van der Waals surface area contributed by atoms with Gasteiger partial charge < -0.3 is 4.74 Å². The molecule has 0 saturated carbocycles. The minimum absolute atomic E-state index is 0.0151. The van der Waals surface area contributed by atoms with Crippen LogP contribution in [0, 0.1) is 0 Å². The fourth-order valence-electron chi connectivity index (χ4n) is 1.61. The fourth-order valence-corrected chi connectivity index (χ4v) is 2.84. The summed E-state index contributed by atoms with van der Waals surface area (Å²) in [4.78, 5) is 0.343. The Morgan fingerprint density at radius 1 is 1.11 bits per heavy atom. The molecule has 0 saturated heterocycles. The van der Waals surface area contributed by atoms with Gasteiger partial charge in [-0.05, 0) is 23.1 Å². The van der Waals surface area contributed by atoms with Crippen LogP contribution in [-0.4, -0.2) is 33.3 Å². The Morgan fingerprint density at radius 2 is 1.68 bits per heavy atom. The Bertz CT molecular complexity index is 486. The molecule has 108 valence electrons. The molecular formula is C14H21ClO3S. The molecule has 0 unspecified atom stereocenters. The first-order valence-electron chi connectivity index (χ1n) is 6.24. The second-order valence-corrected chi connectivity index (χ2v) is 7.88. The van der Waals surface area contributed by atoms with Crippen molar-refractivity contribution in [3.05, 3.63) is 29.8 Å². The van der Waals surface area contributed by atoms with E-state index in [1.807, 2.05) is 12.1 Å². The van der Waals surface area contributed by atoms with Gasteiger partial charge in [0.2, 0.25) is 0 Å². The molecule has 1 aromatic carbocycles. The van der Waals surface area contributed by atoms with Crippen LogP contribution in [0.1, 0.15) is 26.3 Å². The van der Waals surface area contributed by atoms with Crippen LogP contribution in [-0.2, 0) is 20.0 Å². The molecule has 0 aliphatic heterocycles. The molecule has 0 N–H and O–H groups in total. The number of halogens is 1. The maximum absolute atomic E-state index is 12.0. The van der Waals surface area contributed by atoms with Gasteiger partial charge in [0.15, 0.2) is 9.84 Å². The van der Waals surface area contributed by atoms with Crippen molar-refractivity contribution in [1.82, 2.24) is 0 Å². The summed E-state index contributed by atoms with van der Waals surface area (Å²) in [6.45, 7) is 6.83. The Morgan fingerprint density at radius 3 is 2.16 bits per heavy atom. The van der Waals surface area contributed by atoms with Crippen LogP contribution in [0.4, 0.5) is 0 Å². The first-order valence-corrected chi connectivity index (χ1v) is 8.43. The van der Waals surface area contributed by atoms with Crippen molar-refractivity contribution in [2.45, 2.75) is 31.1 Å². The van der Waals surface area contributed by atoms with Crippen LogP contribution >= 0.6 is 11.6 Å². The molecule has 0 aliphatic rings. The van der Waals surface area contributed by atoms with Crippen molar-refractivity contribution in [2.24, 2.45) is 0 Å². The minimum Gasteiger partial charge on any atom is -0.379 e. The Balaban J connectivity index is 2.74. The summed E-state index contributed by atoms with van der Waals surface area (Å²) in [5, 5.41) is 0. The largest absolute Gasteiger partial charge is 0.379 e. The van der Waals surface area contributed by atoms with Gasteiger partial charge in [0.25, 0.3) is 0 Å². The Labute approximate surface area is 120 Å². The average Bonchev–Trinajstić information content (AvgIpc) is 2.34. The summed E-state index contributed by atoms with van der Waals surface area (Å²) < 4.78 is 29.2. The van der Waals surface area contributed by atoms with E-state index >= 15 is 0 Å². The van der Waals surface area contributed by atoms with Crippen molar-refractivity contribution < 1.29 is 13.2 Å². The van der Waals surface area contributed by atoms with Gasteiger partial charge in [-0.2, -0.15) is 0 Å². The number of rotatable bonds is 6. The van der Waals surface area contributed by atoms with Gasteiger partial charge in [0.1, 0.15) is 0 Å². The molecule has 0 aliphatic carbocycles. The third-order valence-corrected chi connectivity index (χ3v) is 4.65. The molecule has 0 atom stereocenters. The number of ether oxygens (including phenoxy) is 1. The number of hydrogen-bond donors (Lipinski definition) is 0. The molecule has 1 rings (SSSR count). The Hall–Kier alpha value is -0.580. The first kappa shape index (κ1) is 16.5. The molecule has 0 bridgehead atoms. The highest BCUT2D eigenvalue weighted by Crippen LogP contribution is 2.23. The summed E-state index contributed by atoms with van der Waals surface area (Å²) in [5.41, 5.74) is 1.14. The van der Waals surface area contributed by atoms with Crippen LogP contribution in [0.15, 0.2) is 29.2 Å². The van der Waals surface area contributed by atoms with Gasteiger partial charge in [-0.3, -0.25) is 0 Å². The topological polar surface area (TPSA) is 43.4 Å². The van der Waals surface area contributed by atoms with Gasteiger partial charge in [-0.15, -0.1) is 11.6 Å². The zero-order valence-electron chi connectivity index (χ0n) is 11.6. The van der Waals surface area contributed by atoms with E-state index in [1.165, 1.54) is 0 Å². The van der Waals surface area contributed by atoms with Gasteiger partial charge in [0, 0.05) is 5.88 Å². The summed E-state index contributed by atoms with van der Waals surface area (Å²) in [7, 11) is -3.27. The van der Waals surface area contributed by atoms with Gasteiger partial charge in [-0.25, -0.2) is 8.42 Å². The van der Waals surface area contributed by atoms with Crippen LogP contribution in [0.25, 0.3) is 0 Å². The predicted octanol–water partition coefficient (Wildman–Crippen LogP) is 3.01. The maximum Gasteiger partial charge on any atom is 0.180 e. The number of alkyl halides is 1. The zero-order chi connectivity index (χ0) is 14.5. The van der Waals surface area contributed by atoms with E-state index in [9.17, 15) is 8.42 Å². The van der Waals surface area contributed by atoms with E-state index in [1.54, 1.807) is 12.1 Å². The van der Waals surface area contributed by atoms with Crippen LogP contribution in [0.2, 0.25) is 0 Å². The number of hydrogen-bond acceptors (Lipinski definition) is 3. The molecule has 5 heteroatoms. The van der Waals surface area contributed by atoms with Crippen molar-refractivity contribution in [1.29, 1.82) is 0 Å². The Kier molecular flexibility index (Phi) is 5.83. The zero-order valence-corrected chi connectivity index (χ0v) is 13.2. The summed E-state index contributed by atoms with van der Waals surface area (Å²) in [5.74, 6) is 0.360. The highest BCUT2D eigenvalue weighted by atomic mass is 35.5. The van der Waals surface area contributed by atoms with Crippen molar-refractivity contribution in [2.75, 3.05) is 24.8 Å². The van der Waals surface area contributed by atoms with Gasteiger partial charge in [-0.1, -0.05) is 32.9 Å². The average molecular weight is 305 g/mol. The monoisotopic (exact) mass is 304 g/mol. The lowest BCUT2D eigenvalue weighted by molar-refractivity contribution is 0.165. The molecule has 0 radical (unpaired) electrons. The first-order chi connectivity index (χ1) is 8.77. The fraction of sp³-hybridized carbons (Fsp3) is 0.571. The molecule has 0 heterocycles. The smallest absolute Gasteiger partial charge is 0.180 e. The second kappa shape index (κ2) is 6.73. The molecule has 19 heavy (non-hydrogen) atoms. The standard InChI is InChI=1S/C14H21ClO3S/c1-14(2,3)12-4-6-13(7-5-12)19(16,17)11-10-18-9-8-15/h4-7H,8-11H2,1-3H3. The molecule has 0 amide bonds. The lowest BCUT2D eigenvalue weighted by Gasteiger charge is -2.19. The SMILES string of the molecule is CC(C)(C)c1ccc(S(=O)(=O)CCOCCCl)cc1. The van der Waals surface area contributed by atoms with Crippen molar-refractivity contribution in [3.63, 3.8) is 0 Å². The molecule has 0 aromatic heterocycles. The number of benzene rings is 1. The lowest BCUT2D eigenvalue weighted by Crippen LogP contribution is -2.14. The van der Waals surface area contributed by atoms with E-state index in [2.05, 4.69) is 20.8 Å². The van der Waals surface area contributed by atoms with Crippen molar-refractivity contribution in [3.8, 4) is 0 Å². The van der Waals surface area contributed by atoms with Crippen LogP contribution in [0.3, 0.4) is 0 Å². The van der Waals surface area contributed by atoms with E-state index in [-0.39, 0.29) is 17.8 Å². The second-order valence-electron chi connectivity index (χ2n) is 5.39. The molecular weight excluding hydrogens is 284 g/mol. The normalized spacial score (nSPS) is 12.6. The molecule has 3 nitrogen and oxygen atoms in total. The summed E-state index contributed by atoms with van der Waals surface area (Å²) in [6, 6.07) is 7.06. The number of sulfone groups is 1. The summed E-state index contributed by atoms with van der Waals surface area (Å²) >= 11 is 5.45. The van der Waals surface area contributed by atoms with E-state index < -0.39 is 9.84 Å². The highest BCUT2D eigenvalue weighted by Gasteiger charge is 2.17. The molecule has 0 fully saturated rings. The van der Waals surface area contributed by atoms with E-state index in [4.69, 9.17) is 16.3 Å². The van der Waals surface area contributed by atoms with Gasteiger partial charge in [0.05, 0.1) is 23.9 Å². The molecule has 1 aromatic rings. The third kappa shape index (κ3) is 5.13. The lowest BCUT2D eigenvalue weighted by atomic mass is 9.87. The third-order valence-electron chi connectivity index (χ3n) is 2.80. The van der Waals surface area contributed by atoms with Crippen LogP contribution in [0.5, 0.6) is 0 Å². The van der Waals surface area contributed by atoms with E-state index in [0.717, 1.165) is 5.56 Å². The van der Waals surface area contributed by atoms with E-state index in [0.29, 0.717) is 17.4 Å². The van der Waals surface area contributed by atoms with Crippen molar-refractivity contribution >= 4 is 21.4 Å². The van der Waals surface area contributed by atoms with Crippen LogP contribution < -0.4 is 0 Å².